The molecule has 20 heteroatoms. The zero-order chi connectivity index (χ0) is 35.8. The van der Waals surface area contributed by atoms with Crippen LogP contribution in [0.3, 0.4) is 0 Å². The Bertz CT molecular complexity index is 1240. The summed E-state index contributed by atoms with van der Waals surface area (Å²) in [6, 6.07) is -1.47. The van der Waals surface area contributed by atoms with Gasteiger partial charge in [0.1, 0.15) is 24.9 Å². The van der Waals surface area contributed by atoms with Crippen molar-refractivity contribution in [1.82, 2.24) is 5.32 Å². The van der Waals surface area contributed by atoms with Crippen LogP contribution in [0, 0.1) is 0 Å². The summed E-state index contributed by atoms with van der Waals surface area (Å²) in [5.41, 5.74) is 0. The van der Waals surface area contributed by atoms with Gasteiger partial charge in [0.25, 0.3) is 4.51 Å². The number of amides is 1. The van der Waals surface area contributed by atoms with Gasteiger partial charge in [-0.15, -0.1) is 0 Å². The van der Waals surface area contributed by atoms with Crippen molar-refractivity contribution in [2.45, 2.75) is 108 Å². The van der Waals surface area contributed by atoms with E-state index in [9.17, 15) is 38.4 Å². The van der Waals surface area contributed by atoms with E-state index in [0.717, 1.165) is 55.6 Å². The Morgan fingerprint density at radius 3 is 1.64 bits per heavy atom. The van der Waals surface area contributed by atoms with Crippen molar-refractivity contribution in [3.8, 4) is 0 Å². The minimum absolute atomic E-state index is 0.632. The average molecular weight is 742 g/mol. The Kier molecular flexibility index (Phi) is 14.0. The highest BCUT2D eigenvalue weighted by Crippen LogP contribution is 2.42. The fourth-order valence-corrected chi connectivity index (χ4v) is 5.45. The van der Waals surface area contributed by atoms with Gasteiger partial charge < -0.3 is 52.7 Å². The molecule has 0 saturated carbocycles. The lowest BCUT2D eigenvalue weighted by atomic mass is 9.94. The van der Waals surface area contributed by atoms with Crippen LogP contribution in [-0.2, 0) is 85.7 Å². The van der Waals surface area contributed by atoms with E-state index in [0.29, 0.717) is 0 Å². The molecule has 1 amide bonds. The quantitative estimate of drug-likeness (QED) is 0.153. The molecule has 1 N–H and O–H groups in total. The molecule has 0 aromatic heterocycles. The van der Waals surface area contributed by atoms with Crippen LogP contribution in [0.1, 0.15) is 48.5 Å². The number of halogens is 1. The van der Waals surface area contributed by atoms with Crippen molar-refractivity contribution >= 4 is 63.6 Å². The summed E-state index contributed by atoms with van der Waals surface area (Å²) >= 11 is 3.06. The largest absolute Gasteiger partial charge is 0.466 e. The number of hydrogen-bond donors (Lipinski definition) is 1. The first-order valence-electron chi connectivity index (χ1n) is 13.8. The second-order valence-electron chi connectivity index (χ2n) is 10.2. The van der Waals surface area contributed by atoms with Crippen molar-refractivity contribution in [2.75, 3.05) is 13.7 Å². The molecular formula is C27H36BrNO18. The molecule has 0 spiro atoms. The van der Waals surface area contributed by atoms with Gasteiger partial charge in [0, 0.05) is 48.5 Å². The van der Waals surface area contributed by atoms with Crippen LogP contribution in [-0.4, -0.2) is 121 Å². The fourth-order valence-electron chi connectivity index (χ4n) is 4.75. The lowest BCUT2D eigenvalue weighted by molar-refractivity contribution is -0.347. The van der Waals surface area contributed by atoms with Crippen molar-refractivity contribution in [2.24, 2.45) is 0 Å². The number of esters is 7. The Morgan fingerprint density at radius 2 is 1.17 bits per heavy atom. The summed E-state index contributed by atoms with van der Waals surface area (Å²) in [6.45, 7) is 6.52. The SMILES string of the molecule is COC(=O)C1(Br)O[C@@H](O[C@H]2[C@H](OC(C)=O)[C@@H](NC(C)=O)[C@@H](OC(C)=O)O[C@@H]2COC(C)=O)[C@H](OC(C)=O)[C@@H](OC(C)=O)[C@@H]1OC(C)=O. The highest BCUT2D eigenvalue weighted by Gasteiger charge is 2.65. The Hall–Kier alpha value is -3.88. The second kappa shape index (κ2) is 16.8. The van der Waals surface area contributed by atoms with Crippen molar-refractivity contribution in [3.63, 3.8) is 0 Å². The van der Waals surface area contributed by atoms with E-state index in [1.165, 1.54) is 0 Å². The van der Waals surface area contributed by atoms with Gasteiger partial charge in [-0.1, -0.05) is 0 Å². The van der Waals surface area contributed by atoms with Crippen LogP contribution in [0.4, 0.5) is 0 Å². The maximum Gasteiger partial charge on any atom is 0.353 e. The van der Waals surface area contributed by atoms with Gasteiger partial charge in [0.05, 0.1) is 7.11 Å². The predicted molar refractivity (Wildman–Crippen MR) is 150 cm³/mol. The predicted octanol–water partition coefficient (Wildman–Crippen LogP) is -0.925. The van der Waals surface area contributed by atoms with Crippen molar-refractivity contribution < 1.29 is 85.7 Å². The van der Waals surface area contributed by atoms with Crippen LogP contribution in [0.5, 0.6) is 0 Å². The van der Waals surface area contributed by atoms with E-state index in [1.807, 2.05) is 0 Å². The lowest BCUT2D eigenvalue weighted by Gasteiger charge is -2.50. The summed E-state index contributed by atoms with van der Waals surface area (Å²) in [4.78, 5) is 98.0. The number of ether oxygens (including phenoxy) is 10. The van der Waals surface area contributed by atoms with E-state index in [4.69, 9.17) is 47.4 Å². The van der Waals surface area contributed by atoms with Gasteiger partial charge >= 0.3 is 41.8 Å². The molecular weight excluding hydrogens is 706 g/mol. The molecule has 2 aliphatic rings. The summed E-state index contributed by atoms with van der Waals surface area (Å²) in [5, 5.41) is 2.45. The third-order valence-electron chi connectivity index (χ3n) is 6.25. The van der Waals surface area contributed by atoms with Crippen LogP contribution in [0.25, 0.3) is 0 Å². The first-order chi connectivity index (χ1) is 21.8. The minimum Gasteiger partial charge on any atom is -0.466 e. The van der Waals surface area contributed by atoms with E-state index in [-0.39, 0.29) is 0 Å². The molecule has 19 nitrogen and oxygen atoms in total. The number of hydrogen-bond acceptors (Lipinski definition) is 18. The standard InChI is InChI=1S/C27H36BrNO18/c1-10(30)29-18-20(40-12(3)32)19(17(9-39-11(2)31)45-24(18)44-16(7)36)46-25-22(42-14(5)34)21(41-13(4)33)23(43-15(6)35)27(28,47-25)26(37)38-8/h17-25H,9H2,1-8H3,(H,29,30)/t17-,18-,19-,20-,21-,22-,23+,24+,25-,27?/m1/s1. The van der Waals surface area contributed by atoms with E-state index < -0.39 is 114 Å². The molecule has 0 aromatic carbocycles. The van der Waals surface area contributed by atoms with Crippen LogP contribution < -0.4 is 5.32 Å². The highest BCUT2D eigenvalue weighted by atomic mass is 79.9. The molecule has 264 valence electrons. The van der Waals surface area contributed by atoms with E-state index >= 15 is 0 Å². The minimum atomic E-state index is -2.50. The molecule has 0 aromatic rings. The topological polar surface area (TPSA) is 241 Å². The number of rotatable bonds is 11. The number of carbonyl (C=O) groups is 8. The van der Waals surface area contributed by atoms with Gasteiger partial charge in [-0.2, -0.15) is 0 Å². The zero-order valence-corrected chi connectivity index (χ0v) is 28.2. The Labute approximate surface area is 276 Å². The molecule has 2 fully saturated rings. The molecule has 2 heterocycles. The van der Waals surface area contributed by atoms with E-state index in [1.54, 1.807) is 0 Å². The summed E-state index contributed by atoms with van der Waals surface area (Å²) < 4.78 is 52.1. The second-order valence-corrected chi connectivity index (χ2v) is 11.3. The normalized spacial score (nSPS) is 31.6. The number of methoxy groups -OCH3 is 1. The molecule has 0 aliphatic carbocycles. The number of carbonyl (C=O) groups excluding carboxylic acids is 8. The summed E-state index contributed by atoms with van der Waals surface area (Å²) in [5.74, 6) is -7.44. The zero-order valence-electron chi connectivity index (χ0n) is 26.6. The molecule has 0 radical (unpaired) electrons. The molecule has 0 bridgehead atoms. The molecule has 47 heavy (non-hydrogen) atoms. The fraction of sp³-hybridized carbons (Fsp3) is 0.704. The maximum absolute atomic E-state index is 13.1. The Morgan fingerprint density at radius 1 is 0.660 bits per heavy atom. The first kappa shape index (κ1) is 39.3. The van der Waals surface area contributed by atoms with Crippen LogP contribution >= 0.6 is 15.9 Å². The molecule has 2 saturated heterocycles. The summed E-state index contributed by atoms with van der Waals surface area (Å²) in [6.07, 6.45) is -13.9. The first-order valence-corrected chi connectivity index (χ1v) is 14.6. The average Bonchev–Trinajstić information content (AvgIpc) is 2.92. The monoisotopic (exact) mass is 741 g/mol. The lowest BCUT2D eigenvalue weighted by Crippen LogP contribution is -2.71. The van der Waals surface area contributed by atoms with Gasteiger partial charge in [-0.25, -0.2) is 4.79 Å². The van der Waals surface area contributed by atoms with Crippen LogP contribution in [0.15, 0.2) is 0 Å². The van der Waals surface area contributed by atoms with Crippen LogP contribution in [0.2, 0.25) is 0 Å². The summed E-state index contributed by atoms with van der Waals surface area (Å²) in [7, 11) is 0.961. The molecule has 1 unspecified atom stereocenters. The van der Waals surface area contributed by atoms with Gasteiger partial charge in [0.15, 0.2) is 24.4 Å². The number of nitrogens with one attached hydrogen (secondary N) is 1. The number of alkyl halides is 1. The van der Waals surface area contributed by atoms with E-state index in [2.05, 4.69) is 21.2 Å². The molecule has 2 aliphatic heterocycles. The third-order valence-corrected chi connectivity index (χ3v) is 7.21. The third kappa shape index (κ3) is 10.6. The molecule has 2 rings (SSSR count). The van der Waals surface area contributed by atoms with Gasteiger partial charge in [-0.05, 0) is 15.9 Å². The smallest absolute Gasteiger partial charge is 0.353 e. The molecule has 10 atom stereocenters. The maximum atomic E-state index is 13.1. The highest BCUT2D eigenvalue weighted by molar-refractivity contribution is 9.10. The van der Waals surface area contributed by atoms with Crippen molar-refractivity contribution in [1.29, 1.82) is 0 Å². The van der Waals surface area contributed by atoms with Gasteiger partial charge in [-0.3, -0.25) is 33.6 Å². The van der Waals surface area contributed by atoms with Gasteiger partial charge in [0.2, 0.25) is 18.5 Å². The Balaban J connectivity index is 2.81. The van der Waals surface area contributed by atoms with Crippen molar-refractivity contribution in [3.05, 3.63) is 0 Å².